The summed E-state index contributed by atoms with van der Waals surface area (Å²) < 4.78 is 5.89. The Hall–Kier alpha value is -0.910. The number of aryl methyl sites for hydroxylation is 1. The summed E-state index contributed by atoms with van der Waals surface area (Å²) >= 11 is 5.96. The van der Waals surface area contributed by atoms with Gasteiger partial charge in [-0.1, -0.05) is 11.6 Å². The van der Waals surface area contributed by atoms with Crippen LogP contribution in [-0.4, -0.2) is 60.5 Å². The van der Waals surface area contributed by atoms with Crippen LogP contribution in [0.4, 0.5) is 5.82 Å². The monoisotopic (exact) mass is 282 g/mol. The lowest BCUT2D eigenvalue weighted by atomic mass is 9.99. The molecule has 0 radical (unpaired) electrons. The van der Waals surface area contributed by atoms with Crippen LogP contribution in [0.3, 0.4) is 0 Å². The van der Waals surface area contributed by atoms with E-state index in [1.54, 1.807) is 0 Å². The molecule has 2 fully saturated rings. The molecule has 104 valence electrons. The third kappa shape index (κ3) is 2.55. The zero-order valence-electron chi connectivity index (χ0n) is 11.3. The van der Waals surface area contributed by atoms with Gasteiger partial charge < -0.3 is 14.5 Å². The third-order valence-corrected chi connectivity index (χ3v) is 4.37. The fourth-order valence-electron chi connectivity index (χ4n) is 2.91. The Kier molecular flexibility index (Phi) is 3.60. The first kappa shape index (κ1) is 13.1. The van der Waals surface area contributed by atoms with Crippen LogP contribution in [0.2, 0.25) is 5.15 Å². The average Bonchev–Trinajstić information content (AvgIpc) is 2.41. The highest BCUT2D eigenvalue weighted by molar-refractivity contribution is 6.30. The summed E-state index contributed by atoms with van der Waals surface area (Å²) in [7, 11) is 2.15. The normalized spacial score (nSPS) is 28.3. The molecule has 2 aliphatic rings. The number of morpholine rings is 1. The van der Waals surface area contributed by atoms with Crippen molar-refractivity contribution in [1.82, 2.24) is 15.1 Å². The molecule has 1 aromatic heterocycles. The van der Waals surface area contributed by atoms with Gasteiger partial charge in [-0.3, -0.25) is 0 Å². The summed E-state index contributed by atoms with van der Waals surface area (Å²) in [6.07, 6.45) is 1.39. The molecule has 3 heterocycles. The molecular weight excluding hydrogens is 264 g/mol. The smallest absolute Gasteiger partial charge is 0.154 e. The van der Waals surface area contributed by atoms with Gasteiger partial charge in [0.25, 0.3) is 0 Å². The quantitative estimate of drug-likeness (QED) is 0.778. The average molecular weight is 283 g/mol. The van der Waals surface area contributed by atoms with Gasteiger partial charge in [0.2, 0.25) is 0 Å². The lowest BCUT2D eigenvalue weighted by Crippen LogP contribution is -2.59. The molecule has 0 unspecified atom stereocenters. The minimum atomic E-state index is 0.308. The van der Waals surface area contributed by atoms with Crippen LogP contribution in [0, 0.1) is 6.92 Å². The number of hydrogen-bond donors (Lipinski definition) is 0. The van der Waals surface area contributed by atoms with Crippen molar-refractivity contribution in [2.75, 3.05) is 38.2 Å². The van der Waals surface area contributed by atoms with Crippen molar-refractivity contribution in [3.8, 4) is 0 Å². The second kappa shape index (κ2) is 5.23. The van der Waals surface area contributed by atoms with E-state index in [0.717, 1.165) is 44.0 Å². The number of halogens is 1. The molecular formula is C13H19ClN4O. The zero-order chi connectivity index (χ0) is 13.4. The van der Waals surface area contributed by atoms with Crippen molar-refractivity contribution in [2.45, 2.75) is 25.5 Å². The maximum absolute atomic E-state index is 5.96. The van der Waals surface area contributed by atoms with Gasteiger partial charge in [0, 0.05) is 19.6 Å². The van der Waals surface area contributed by atoms with Gasteiger partial charge in [-0.05, 0) is 32.0 Å². The fourth-order valence-corrected chi connectivity index (χ4v) is 3.00. The molecule has 0 aliphatic carbocycles. The summed E-state index contributed by atoms with van der Waals surface area (Å²) in [6, 6.07) is 2.38. The van der Waals surface area contributed by atoms with E-state index < -0.39 is 0 Å². The Balaban J connectivity index is 1.87. The molecule has 0 spiro atoms. The summed E-state index contributed by atoms with van der Waals surface area (Å²) in [5.41, 5.74) is 0.971. The minimum absolute atomic E-state index is 0.308. The summed E-state index contributed by atoms with van der Waals surface area (Å²) in [4.78, 5) is 4.67. The summed E-state index contributed by atoms with van der Waals surface area (Å²) in [5.74, 6) is 0.913. The first-order valence-corrected chi connectivity index (χ1v) is 7.09. The molecule has 0 amide bonds. The maximum Gasteiger partial charge on any atom is 0.154 e. The lowest BCUT2D eigenvalue weighted by molar-refractivity contribution is -0.0246. The molecule has 2 saturated heterocycles. The molecule has 0 saturated carbocycles. The molecule has 1 aromatic rings. The molecule has 6 heteroatoms. The Morgan fingerprint density at radius 2 is 2.21 bits per heavy atom. The number of hydrogen-bond acceptors (Lipinski definition) is 5. The van der Waals surface area contributed by atoms with Gasteiger partial charge in [-0.15, -0.1) is 10.2 Å². The van der Waals surface area contributed by atoms with E-state index in [-0.39, 0.29) is 0 Å². The van der Waals surface area contributed by atoms with Crippen LogP contribution < -0.4 is 4.90 Å². The van der Waals surface area contributed by atoms with Crippen LogP contribution in [-0.2, 0) is 4.74 Å². The lowest BCUT2D eigenvalue weighted by Gasteiger charge is -2.46. The van der Waals surface area contributed by atoms with Crippen LogP contribution in [0.1, 0.15) is 12.0 Å². The molecule has 2 aliphatic heterocycles. The van der Waals surface area contributed by atoms with E-state index in [1.807, 2.05) is 13.0 Å². The van der Waals surface area contributed by atoms with E-state index in [2.05, 4.69) is 27.0 Å². The van der Waals surface area contributed by atoms with Crippen LogP contribution >= 0.6 is 11.6 Å². The van der Waals surface area contributed by atoms with Crippen molar-refractivity contribution >= 4 is 17.4 Å². The van der Waals surface area contributed by atoms with E-state index in [4.69, 9.17) is 16.3 Å². The highest BCUT2D eigenvalue weighted by atomic mass is 35.5. The number of likely N-dealkylation sites (tertiary alicyclic amines) is 1. The highest BCUT2D eigenvalue weighted by Crippen LogP contribution is 2.27. The van der Waals surface area contributed by atoms with E-state index >= 15 is 0 Å². The van der Waals surface area contributed by atoms with Gasteiger partial charge >= 0.3 is 0 Å². The standard InChI is InChI=1S/C13H19ClN4O/c1-9-7-12(15-16-13(9)14)18-5-6-19-11-3-4-17(2)8-10(11)18/h7,10-11H,3-6,8H2,1-2H3/t10-,11+/m0/s1. The first-order valence-electron chi connectivity index (χ1n) is 6.72. The third-order valence-electron chi connectivity index (χ3n) is 3.99. The number of piperidine rings is 1. The van der Waals surface area contributed by atoms with Crippen molar-refractivity contribution in [3.05, 3.63) is 16.8 Å². The van der Waals surface area contributed by atoms with Gasteiger partial charge in [-0.25, -0.2) is 0 Å². The topological polar surface area (TPSA) is 41.5 Å². The predicted octanol–water partition coefficient (Wildman–Crippen LogP) is 1.35. The van der Waals surface area contributed by atoms with E-state index in [0.29, 0.717) is 17.3 Å². The molecule has 0 N–H and O–H groups in total. The molecule has 3 rings (SSSR count). The number of fused-ring (bicyclic) bond motifs is 1. The largest absolute Gasteiger partial charge is 0.374 e. The zero-order valence-corrected chi connectivity index (χ0v) is 12.1. The first-order chi connectivity index (χ1) is 9.15. The number of rotatable bonds is 1. The molecule has 5 nitrogen and oxygen atoms in total. The van der Waals surface area contributed by atoms with Gasteiger partial charge in [0.1, 0.15) is 0 Å². The van der Waals surface area contributed by atoms with Crippen molar-refractivity contribution in [1.29, 1.82) is 0 Å². The Morgan fingerprint density at radius 3 is 3.00 bits per heavy atom. The van der Waals surface area contributed by atoms with Gasteiger partial charge in [0.15, 0.2) is 11.0 Å². The summed E-state index contributed by atoms with van der Waals surface area (Å²) in [6.45, 7) is 5.69. The highest BCUT2D eigenvalue weighted by Gasteiger charge is 2.36. The Bertz CT molecular complexity index is 470. The second-order valence-corrected chi connectivity index (χ2v) is 5.76. The predicted molar refractivity (Wildman–Crippen MR) is 74.8 cm³/mol. The SMILES string of the molecule is Cc1cc(N2CCO[C@@H]3CCN(C)C[C@@H]32)nnc1Cl. The number of ether oxygens (including phenoxy) is 1. The molecule has 0 bridgehead atoms. The Morgan fingerprint density at radius 1 is 1.37 bits per heavy atom. The van der Waals surface area contributed by atoms with Crippen LogP contribution in [0.5, 0.6) is 0 Å². The van der Waals surface area contributed by atoms with E-state index in [1.165, 1.54) is 0 Å². The Labute approximate surface area is 118 Å². The number of likely N-dealkylation sites (N-methyl/N-ethyl adjacent to an activating group) is 1. The molecule has 2 atom stereocenters. The summed E-state index contributed by atoms with van der Waals surface area (Å²) in [5, 5.41) is 8.76. The maximum atomic E-state index is 5.96. The second-order valence-electron chi connectivity index (χ2n) is 5.40. The van der Waals surface area contributed by atoms with Crippen molar-refractivity contribution < 1.29 is 4.74 Å². The fraction of sp³-hybridized carbons (Fsp3) is 0.692. The molecule has 19 heavy (non-hydrogen) atoms. The van der Waals surface area contributed by atoms with E-state index in [9.17, 15) is 0 Å². The number of anilines is 1. The van der Waals surface area contributed by atoms with Crippen molar-refractivity contribution in [3.63, 3.8) is 0 Å². The number of nitrogens with zero attached hydrogens (tertiary/aromatic N) is 4. The van der Waals surface area contributed by atoms with Crippen LogP contribution in [0.15, 0.2) is 6.07 Å². The van der Waals surface area contributed by atoms with Crippen molar-refractivity contribution in [2.24, 2.45) is 0 Å². The van der Waals surface area contributed by atoms with Crippen LogP contribution in [0.25, 0.3) is 0 Å². The number of aromatic nitrogens is 2. The minimum Gasteiger partial charge on any atom is -0.374 e. The van der Waals surface area contributed by atoms with Gasteiger partial charge in [0.05, 0.1) is 18.8 Å². The molecule has 0 aromatic carbocycles. The van der Waals surface area contributed by atoms with Gasteiger partial charge in [-0.2, -0.15) is 0 Å².